The Hall–Kier alpha value is -5.64. The summed E-state index contributed by atoms with van der Waals surface area (Å²) in [4.78, 5) is 27.7. The molecule has 0 saturated carbocycles. The number of rotatable bonds is 13. The van der Waals surface area contributed by atoms with E-state index in [1.54, 1.807) is 17.3 Å². The standard InChI is InChI=1S/C43H46N8O/c44-23-27-50(37-12-7-24-47-29-37)42(52)35-18-19-39-38(28-35)48-40(20-15-32-13-16-34(17-14-32)41(45)46)51(39)31-43(36-10-5-2-6-11-36)21-25-49(26-22-43)30-33-8-3-1-4-9-33/h1-14,16-19,24,28-29H,15,20-23,25-27,30-31,44H2,(H3,45,46). The number of nitrogens with zero attached hydrogens (tertiary/aromatic N) is 5. The summed E-state index contributed by atoms with van der Waals surface area (Å²) in [6.07, 6.45) is 6.92. The number of fused-ring (bicyclic) bond motifs is 1. The molecule has 1 amide bonds. The molecule has 9 nitrogen and oxygen atoms in total. The molecule has 0 radical (unpaired) electrons. The first-order valence-electron chi connectivity index (χ1n) is 18.1. The van der Waals surface area contributed by atoms with Crippen molar-refractivity contribution in [3.8, 4) is 0 Å². The van der Waals surface area contributed by atoms with Crippen LogP contribution in [0.5, 0.6) is 0 Å². The zero-order chi connectivity index (χ0) is 35.9. The highest BCUT2D eigenvalue weighted by molar-refractivity contribution is 6.07. The zero-order valence-corrected chi connectivity index (χ0v) is 29.5. The van der Waals surface area contributed by atoms with Crippen LogP contribution in [0.2, 0.25) is 0 Å². The summed E-state index contributed by atoms with van der Waals surface area (Å²) in [7, 11) is 0. The molecule has 0 unspecified atom stereocenters. The van der Waals surface area contributed by atoms with Crippen LogP contribution < -0.4 is 16.4 Å². The van der Waals surface area contributed by atoms with Gasteiger partial charge in [0.2, 0.25) is 0 Å². The molecule has 3 heterocycles. The minimum absolute atomic E-state index is 0.0632. The molecule has 9 heteroatoms. The SMILES string of the molecule is N=C(N)c1ccc(CCc2nc3cc(C(=O)N(CCN)c4cccnc4)ccc3n2CC2(c3ccccc3)CCN(Cc3ccccc3)CC2)cc1. The smallest absolute Gasteiger partial charge is 0.258 e. The lowest BCUT2D eigenvalue weighted by molar-refractivity contribution is 0.0987. The Morgan fingerprint density at radius 1 is 0.827 bits per heavy atom. The van der Waals surface area contributed by atoms with Crippen LogP contribution in [0.25, 0.3) is 11.0 Å². The Morgan fingerprint density at radius 2 is 1.54 bits per heavy atom. The van der Waals surface area contributed by atoms with E-state index >= 15 is 0 Å². The Bertz CT molecular complexity index is 2110. The number of nitrogens with one attached hydrogen (secondary N) is 1. The quantitative estimate of drug-likeness (QED) is 0.0958. The van der Waals surface area contributed by atoms with Crippen LogP contribution in [0.3, 0.4) is 0 Å². The highest BCUT2D eigenvalue weighted by atomic mass is 16.2. The van der Waals surface area contributed by atoms with Gasteiger partial charge in [0.05, 0.1) is 22.9 Å². The molecule has 1 fully saturated rings. The number of piperidine rings is 1. The first-order valence-corrected chi connectivity index (χ1v) is 18.1. The monoisotopic (exact) mass is 690 g/mol. The number of amidine groups is 1. The van der Waals surface area contributed by atoms with Gasteiger partial charge >= 0.3 is 0 Å². The van der Waals surface area contributed by atoms with Crippen LogP contribution in [0.15, 0.2) is 128 Å². The average Bonchev–Trinajstić information content (AvgIpc) is 3.53. The van der Waals surface area contributed by atoms with Gasteiger partial charge < -0.3 is 20.9 Å². The van der Waals surface area contributed by atoms with Gasteiger partial charge in [0.1, 0.15) is 11.7 Å². The van der Waals surface area contributed by atoms with E-state index in [-0.39, 0.29) is 17.2 Å². The fraction of sp³-hybridized carbons (Fsp3) is 0.256. The fourth-order valence-electron chi connectivity index (χ4n) is 7.55. The molecule has 4 aromatic carbocycles. The number of aryl methyl sites for hydroxylation is 2. The van der Waals surface area contributed by atoms with Crippen LogP contribution in [-0.2, 0) is 31.3 Å². The number of nitrogen functional groups attached to an aromatic ring is 1. The molecule has 0 spiro atoms. The summed E-state index contributed by atoms with van der Waals surface area (Å²) >= 11 is 0. The number of likely N-dealkylation sites (tertiary alicyclic amines) is 1. The van der Waals surface area contributed by atoms with E-state index in [0.29, 0.717) is 29.9 Å². The van der Waals surface area contributed by atoms with Crippen molar-refractivity contribution >= 4 is 28.5 Å². The normalized spacial score (nSPS) is 14.3. The van der Waals surface area contributed by atoms with Crippen molar-refractivity contribution in [2.75, 3.05) is 31.1 Å². The number of pyridine rings is 1. The number of imidazole rings is 1. The van der Waals surface area contributed by atoms with Gasteiger partial charge in [0.25, 0.3) is 5.91 Å². The number of amides is 1. The summed E-state index contributed by atoms with van der Waals surface area (Å²) in [6.45, 7) is 4.44. The minimum atomic E-state index is -0.131. The number of hydrogen-bond acceptors (Lipinski definition) is 6. The van der Waals surface area contributed by atoms with Crippen molar-refractivity contribution in [2.24, 2.45) is 11.5 Å². The molecule has 5 N–H and O–H groups in total. The van der Waals surface area contributed by atoms with Gasteiger partial charge in [-0.3, -0.25) is 20.1 Å². The molecule has 52 heavy (non-hydrogen) atoms. The van der Waals surface area contributed by atoms with E-state index in [0.717, 1.165) is 74.3 Å². The summed E-state index contributed by atoms with van der Waals surface area (Å²) in [6, 6.07) is 39.2. The number of hydrogen-bond donors (Lipinski definition) is 3. The van der Waals surface area contributed by atoms with Crippen molar-refractivity contribution < 1.29 is 4.79 Å². The van der Waals surface area contributed by atoms with E-state index in [1.165, 1.54) is 11.1 Å². The van der Waals surface area contributed by atoms with Gasteiger partial charge in [-0.05, 0) is 79.4 Å². The maximum absolute atomic E-state index is 14.0. The molecule has 7 rings (SSSR count). The number of anilines is 1. The van der Waals surface area contributed by atoms with Gasteiger partial charge in [0.15, 0.2) is 0 Å². The van der Waals surface area contributed by atoms with Crippen molar-refractivity contribution in [1.82, 2.24) is 19.4 Å². The molecule has 0 atom stereocenters. The van der Waals surface area contributed by atoms with Crippen LogP contribution in [-0.4, -0.2) is 57.4 Å². The van der Waals surface area contributed by atoms with E-state index in [1.807, 2.05) is 48.5 Å². The molecular formula is C43H46N8O. The Labute approximate surface area is 305 Å². The summed E-state index contributed by atoms with van der Waals surface area (Å²) < 4.78 is 2.41. The maximum atomic E-state index is 14.0. The van der Waals surface area contributed by atoms with Crippen LogP contribution in [0.1, 0.15) is 51.3 Å². The summed E-state index contributed by atoms with van der Waals surface area (Å²) in [5.41, 5.74) is 19.2. The topological polar surface area (TPSA) is 130 Å². The van der Waals surface area contributed by atoms with E-state index in [9.17, 15) is 4.79 Å². The van der Waals surface area contributed by atoms with Crippen molar-refractivity contribution in [2.45, 2.75) is 44.2 Å². The van der Waals surface area contributed by atoms with E-state index in [2.05, 4.69) is 81.2 Å². The maximum Gasteiger partial charge on any atom is 0.258 e. The third-order valence-corrected chi connectivity index (χ3v) is 10.4. The minimum Gasteiger partial charge on any atom is -0.384 e. The predicted octanol–water partition coefficient (Wildman–Crippen LogP) is 6.34. The zero-order valence-electron chi connectivity index (χ0n) is 29.5. The lowest BCUT2D eigenvalue weighted by atomic mass is 9.72. The molecular weight excluding hydrogens is 645 g/mol. The average molecular weight is 691 g/mol. The van der Waals surface area contributed by atoms with Gasteiger partial charge in [-0.2, -0.15) is 0 Å². The van der Waals surface area contributed by atoms with Crippen LogP contribution >= 0.6 is 0 Å². The van der Waals surface area contributed by atoms with Crippen molar-refractivity contribution in [1.29, 1.82) is 5.41 Å². The lowest BCUT2D eigenvalue weighted by Crippen LogP contribution is -2.44. The number of benzene rings is 4. The van der Waals surface area contributed by atoms with Crippen LogP contribution in [0, 0.1) is 5.41 Å². The van der Waals surface area contributed by atoms with Crippen molar-refractivity contribution in [3.63, 3.8) is 0 Å². The molecule has 2 aromatic heterocycles. The number of aromatic nitrogens is 3. The molecule has 1 aliphatic rings. The van der Waals surface area contributed by atoms with Gasteiger partial charge in [0, 0.05) is 55.3 Å². The van der Waals surface area contributed by atoms with E-state index < -0.39 is 0 Å². The number of nitrogens with two attached hydrogens (primary N) is 2. The summed E-state index contributed by atoms with van der Waals surface area (Å²) in [5.74, 6) is 0.921. The highest BCUT2D eigenvalue weighted by Crippen LogP contribution is 2.39. The van der Waals surface area contributed by atoms with Crippen LogP contribution in [0.4, 0.5) is 5.69 Å². The Morgan fingerprint density at radius 3 is 2.21 bits per heavy atom. The lowest BCUT2D eigenvalue weighted by Gasteiger charge is -2.43. The molecule has 1 saturated heterocycles. The second kappa shape index (κ2) is 15.7. The largest absolute Gasteiger partial charge is 0.384 e. The third-order valence-electron chi connectivity index (χ3n) is 10.4. The van der Waals surface area contributed by atoms with Gasteiger partial charge in [-0.15, -0.1) is 0 Å². The fourth-order valence-corrected chi connectivity index (χ4v) is 7.55. The van der Waals surface area contributed by atoms with Gasteiger partial charge in [-0.1, -0.05) is 84.9 Å². The molecule has 6 aromatic rings. The molecule has 1 aliphatic heterocycles. The molecule has 0 aliphatic carbocycles. The summed E-state index contributed by atoms with van der Waals surface area (Å²) in [5, 5.41) is 7.78. The van der Waals surface area contributed by atoms with E-state index in [4.69, 9.17) is 21.9 Å². The predicted molar refractivity (Wildman–Crippen MR) is 209 cm³/mol. The first-order chi connectivity index (χ1) is 25.4. The number of carbonyl (C=O) groups excluding carboxylic acids is 1. The highest BCUT2D eigenvalue weighted by Gasteiger charge is 2.37. The number of carbonyl (C=O) groups is 1. The molecule has 0 bridgehead atoms. The second-order valence-corrected chi connectivity index (χ2v) is 13.8. The second-order valence-electron chi connectivity index (χ2n) is 13.8. The van der Waals surface area contributed by atoms with Gasteiger partial charge in [-0.25, -0.2) is 4.98 Å². The molecule has 264 valence electrons. The third kappa shape index (κ3) is 7.66. The Balaban J connectivity index is 1.24. The van der Waals surface area contributed by atoms with Crippen molar-refractivity contribution in [3.05, 3.63) is 161 Å². The Kier molecular flexibility index (Phi) is 10.5. The first kappa shape index (κ1) is 34.8.